The summed E-state index contributed by atoms with van der Waals surface area (Å²) < 4.78 is 51.2. The first kappa shape index (κ1) is 20.6. The van der Waals surface area contributed by atoms with Crippen LogP contribution < -0.4 is 0 Å². The van der Waals surface area contributed by atoms with Crippen LogP contribution in [0.15, 0.2) is 45.0 Å². The van der Waals surface area contributed by atoms with Gasteiger partial charge in [-0.25, -0.2) is 17.6 Å². The molecule has 1 aliphatic heterocycles. The maximum Gasteiger partial charge on any atom is 0.349 e. The molecule has 0 radical (unpaired) electrons. The van der Waals surface area contributed by atoms with Gasteiger partial charge < -0.3 is 9.15 Å². The lowest BCUT2D eigenvalue weighted by Gasteiger charge is -2.30. The third kappa shape index (κ3) is 3.87. The molecule has 0 amide bonds. The first-order valence-corrected chi connectivity index (χ1v) is 11.5. The number of methoxy groups -OCH3 is 1. The Morgan fingerprint density at radius 1 is 1.27 bits per heavy atom. The van der Waals surface area contributed by atoms with Crippen molar-refractivity contribution in [1.82, 2.24) is 14.5 Å². The molecule has 1 unspecified atom stereocenters. The summed E-state index contributed by atoms with van der Waals surface area (Å²) in [5.41, 5.74) is 0.580. The average molecular weight is 452 g/mol. The molecule has 0 N–H and O–H groups in total. The number of piperidine rings is 1. The van der Waals surface area contributed by atoms with Gasteiger partial charge in [-0.1, -0.05) is 0 Å². The molecule has 0 spiro atoms. The van der Waals surface area contributed by atoms with E-state index < -0.39 is 16.0 Å². The lowest BCUT2D eigenvalue weighted by atomic mass is 10.00. The van der Waals surface area contributed by atoms with Crippen LogP contribution in [-0.4, -0.2) is 49.1 Å². The maximum atomic E-state index is 13.1. The van der Waals surface area contributed by atoms with E-state index in [0.717, 1.165) is 11.3 Å². The second-order valence-corrected chi connectivity index (χ2v) is 9.58. The number of thiophene rings is 1. The fourth-order valence-electron chi connectivity index (χ4n) is 3.35. The number of rotatable bonds is 5. The molecule has 8 nitrogen and oxygen atoms in total. The summed E-state index contributed by atoms with van der Waals surface area (Å²) in [6.45, 7) is 0.484. The standard InChI is InChI=1S/C19H18FN3O5S2/c1-27-19(24)16-15(8-10-29-16)30(25,26)23-9-2-3-13(11-23)18-22-21-17(28-18)12-4-6-14(20)7-5-12/h4-8,10,13H,2-3,9,11H2,1H3. The van der Waals surface area contributed by atoms with E-state index in [2.05, 4.69) is 10.2 Å². The molecule has 3 heterocycles. The molecule has 30 heavy (non-hydrogen) atoms. The maximum absolute atomic E-state index is 13.1. The lowest BCUT2D eigenvalue weighted by molar-refractivity contribution is 0.0602. The summed E-state index contributed by atoms with van der Waals surface area (Å²) in [5.74, 6) is -0.761. The van der Waals surface area contributed by atoms with Gasteiger partial charge in [0.05, 0.1) is 13.0 Å². The summed E-state index contributed by atoms with van der Waals surface area (Å²) in [4.78, 5) is 11.9. The minimum Gasteiger partial charge on any atom is -0.465 e. The summed E-state index contributed by atoms with van der Waals surface area (Å²) in [6.07, 6.45) is 1.29. The first-order valence-electron chi connectivity index (χ1n) is 9.15. The lowest BCUT2D eigenvalue weighted by Crippen LogP contribution is -2.39. The van der Waals surface area contributed by atoms with Gasteiger partial charge in [-0.05, 0) is 48.6 Å². The van der Waals surface area contributed by atoms with Crippen molar-refractivity contribution >= 4 is 27.3 Å². The monoisotopic (exact) mass is 451 g/mol. The van der Waals surface area contributed by atoms with Gasteiger partial charge in [-0.3, -0.25) is 0 Å². The van der Waals surface area contributed by atoms with Crippen LogP contribution in [0.1, 0.15) is 34.3 Å². The van der Waals surface area contributed by atoms with Crippen molar-refractivity contribution in [3.63, 3.8) is 0 Å². The highest BCUT2D eigenvalue weighted by Crippen LogP contribution is 2.33. The number of hydrogen-bond acceptors (Lipinski definition) is 8. The van der Waals surface area contributed by atoms with Crippen molar-refractivity contribution < 1.29 is 26.8 Å². The van der Waals surface area contributed by atoms with E-state index in [1.165, 1.54) is 41.7 Å². The Bertz CT molecular complexity index is 1160. The number of esters is 1. The van der Waals surface area contributed by atoms with E-state index in [9.17, 15) is 17.6 Å². The molecule has 1 atom stereocenters. The van der Waals surface area contributed by atoms with Gasteiger partial charge in [0.2, 0.25) is 21.8 Å². The quantitative estimate of drug-likeness (QED) is 0.549. The normalized spacial score (nSPS) is 17.7. The Kier molecular flexibility index (Phi) is 5.67. The number of ether oxygens (including phenoxy) is 1. The molecule has 0 aliphatic carbocycles. The molecule has 1 aliphatic rings. The highest BCUT2D eigenvalue weighted by molar-refractivity contribution is 7.89. The largest absolute Gasteiger partial charge is 0.465 e. The topological polar surface area (TPSA) is 103 Å². The van der Waals surface area contributed by atoms with Crippen LogP contribution in [0.4, 0.5) is 4.39 Å². The molecule has 1 fully saturated rings. The number of carbonyl (C=O) groups excluding carboxylic acids is 1. The van der Waals surface area contributed by atoms with Crippen LogP contribution in [-0.2, 0) is 14.8 Å². The summed E-state index contributed by atoms with van der Waals surface area (Å²) in [7, 11) is -2.67. The van der Waals surface area contributed by atoms with E-state index >= 15 is 0 Å². The zero-order valence-electron chi connectivity index (χ0n) is 15.9. The smallest absolute Gasteiger partial charge is 0.349 e. The van der Waals surface area contributed by atoms with E-state index in [-0.39, 0.29) is 33.9 Å². The number of hydrogen-bond donors (Lipinski definition) is 0. The number of nitrogens with zero attached hydrogens (tertiary/aromatic N) is 3. The fourth-order valence-corrected chi connectivity index (χ4v) is 6.18. The second-order valence-electron chi connectivity index (χ2n) is 6.76. The first-order chi connectivity index (χ1) is 14.4. The van der Waals surface area contributed by atoms with E-state index in [1.807, 2.05) is 0 Å². The molecule has 158 valence electrons. The van der Waals surface area contributed by atoms with Gasteiger partial charge in [-0.15, -0.1) is 21.5 Å². The number of carbonyl (C=O) groups is 1. The number of sulfonamides is 1. The summed E-state index contributed by atoms with van der Waals surface area (Å²) in [5, 5.41) is 9.63. The van der Waals surface area contributed by atoms with Gasteiger partial charge in [0.15, 0.2) is 0 Å². The number of benzene rings is 1. The van der Waals surface area contributed by atoms with Crippen molar-refractivity contribution in [2.75, 3.05) is 20.2 Å². The Hall–Kier alpha value is -2.63. The molecule has 0 bridgehead atoms. The van der Waals surface area contributed by atoms with Crippen LogP contribution in [0.25, 0.3) is 11.5 Å². The van der Waals surface area contributed by atoms with Crippen molar-refractivity contribution in [2.45, 2.75) is 23.7 Å². The Balaban J connectivity index is 1.56. The van der Waals surface area contributed by atoms with E-state index in [1.54, 1.807) is 5.38 Å². The van der Waals surface area contributed by atoms with Gasteiger partial charge in [-0.2, -0.15) is 4.31 Å². The molecule has 3 aromatic rings. The minimum absolute atomic E-state index is 0.0519. The average Bonchev–Trinajstić information content (AvgIpc) is 3.44. The van der Waals surface area contributed by atoms with Crippen molar-refractivity contribution in [3.05, 3.63) is 52.3 Å². The van der Waals surface area contributed by atoms with Crippen LogP contribution in [0, 0.1) is 5.82 Å². The molecule has 2 aromatic heterocycles. The minimum atomic E-state index is -3.88. The van der Waals surface area contributed by atoms with Gasteiger partial charge in [0.1, 0.15) is 15.6 Å². The number of halogens is 1. The predicted molar refractivity (Wildman–Crippen MR) is 106 cm³/mol. The van der Waals surface area contributed by atoms with E-state index in [4.69, 9.17) is 9.15 Å². The third-order valence-corrected chi connectivity index (χ3v) is 7.81. The molecule has 4 rings (SSSR count). The summed E-state index contributed by atoms with van der Waals surface area (Å²) >= 11 is 1.02. The van der Waals surface area contributed by atoms with Crippen LogP contribution in [0.2, 0.25) is 0 Å². The molecule has 11 heteroatoms. The van der Waals surface area contributed by atoms with E-state index in [0.29, 0.717) is 30.8 Å². The fraction of sp³-hybridized carbons (Fsp3) is 0.316. The van der Waals surface area contributed by atoms with Crippen molar-refractivity contribution in [3.8, 4) is 11.5 Å². The molecule has 0 saturated carbocycles. The second kappa shape index (κ2) is 8.25. The highest BCUT2D eigenvalue weighted by Gasteiger charge is 2.36. The van der Waals surface area contributed by atoms with Gasteiger partial charge >= 0.3 is 5.97 Å². The highest BCUT2D eigenvalue weighted by atomic mass is 32.2. The SMILES string of the molecule is COC(=O)c1sccc1S(=O)(=O)N1CCCC(c2nnc(-c3ccc(F)cc3)o2)C1. The Morgan fingerprint density at radius 2 is 2.03 bits per heavy atom. The third-order valence-electron chi connectivity index (χ3n) is 4.88. The zero-order valence-corrected chi connectivity index (χ0v) is 17.6. The zero-order chi connectivity index (χ0) is 21.3. The summed E-state index contributed by atoms with van der Waals surface area (Å²) in [6, 6.07) is 7.08. The Labute approximate surface area is 176 Å². The van der Waals surface area contributed by atoms with Crippen molar-refractivity contribution in [2.24, 2.45) is 0 Å². The molecular formula is C19H18FN3O5S2. The van der Waals surface area contributed by atoms with Crippen LogP contribution >= 0.6 is 11.3 Å². The number of aromatic nitrogens is 2. The Morgan fingerprint density at radius 3 is 2.77 bits per heavy atom. The van der Waals surface area contributed by atoms with Crippen LogP contribution in [0.5, 0.6) is 0 Å². The van der Waals surface area contributed by atoms with Gasteiger partial charge in [0, 0.05) is 18.7 Å². The molecule has 1 saturated heterocycles. The van der Waals surface area contributed by atoms with Gasteiger partial charge in [0.25, 0.3) is 0 Å². The van der Waals surface area contributed by atoms with Crippen molar-refractivity contribution in [1.29, 1.82) is 0 Å². The molecule has 1 aromatic carbocycles. The molecular weight excluding hydrogens is 433 g/mol. The predicted octanol–water partition coefficient (Wildman–Crippen LogP) is 3.29. The van der Waals surface area contributed by atoms with Crippen LogP contribution in [0.3, 0.4) is 0 Å².